The first-order valence-corrected chi connectivity index (χ1v) is 11.3. The highest BCUT2D eigenvalue weighted by atomic mass is 31.1. The molecule has 2 unspecified atom stereocenters. The van der Waals surface area contributed by atoms with Crippen molar-refractivity contribution < 1.29 is 9.53 Å². The number of methoxy groups -OCH3 is 1. The molecule has 29 heavy (non-hydrogen) atoms. The molecule has 0 aromatic heterocycles. The maximum Gasteiger partial charge on any atom is 0.252 e. The molecule has 0 N–H and O–H groups in total. The normalized spacial score (nSPS) is 26.1. The van der Waals surface area contributed by atoms with Crippen molar-refractivity contribution in [2.45, 2.75) is 32.6 Å². The van der Waals surface area contributed by atoms with Gasteiger partial charge >= 0.3 is 0 Å². The highest BCUT2D eigenvalue weighted by Gasteiger charge is 2.33. The minimum atomic E-state index is 0.0735. The number of hydrogen-bond donors (Lipinski definition) is 0. The van der Waals surface area contributed by atoms with Gasteiger partial charge in [-0.15, -0.1) is 0 Å². The molecule has 1 amide bonds. The molecule has 4 rings (SSSR count). The second-order valence-electron chi connectivity index (χ2n) is 8.25. The number of benzene rings is 1. The number of aryl methyl sites for hydroxylation is 1. The number of allylic oxidation sites excluding steroid dienone is 1. The van der Waals surface area contributed by atoms with E-state index in [-0.39, 0.29) is 11.7 Å². The summed E-state index contributed by atoms with van der Waals surface area (Å²) in [5, 5.41) is 1.12. The zero-order valence-corrected chi connectivity index (χ0v) is 18.9. The molecule has 1 saturated heterocycles. The van der Waals surface area contributed by atoms with Crippen LogP contribution in [0.5, 0.6) is 5.75 Å². The van der Waals surface area contributed by atoms with Gasteiger partial charge in [-0.1, -0.05) is 14.6 Å². The summed E-state index contributed by atoms with van der Waals surface area (Å²) in [4.78, 5) is 19.8. The van der Waals surface area contributed by atoms with Crippen LogP contribution in [0.3, 0.4) is 0 Å². The van der Waals surface area contributed by atoms with Crippen LogP contribution in [-0.4, -0.2) is 66.2 Å². The summed E-state index contributed by atoms with van der Waals surface area (Å²) >= 11 is 0. The lowest BCUT2D eigenvalue weighted by atomic mass is 10.1. The number of amides is 1. The standard InChI is InChI=1S/C23H30N3O2P/c1-15-10-18(6-7-20(15)28-5)21-12-22(27)26-14-19(11-16(2)23(26)29-21)25-9-8-24(4)17(3)13-25/h6-7,10-12,14,17,23,29H,8-9,13H2,1-5H3/t17-,23?/m1/s1. The van der Waals surface area contributed by atoms with E-state index in [1.165, 1.54) is 5.57 Å². The van der Waals surface area contributed by atoms with Crippen molar-refractivity contribution >= 4 is 19.8 Å². The maximum absolute atomic E-state index is 13.0. The van der Waals surface area contributed by atoms with E-state index < -0.39 is 0 Å². The molecular formula is C23H30N3O2P. The fourth-order valence-electron chi connectivity index (χ4n) is 4.22. The average molecular weight is 411 g/mol. The smallest absolute Gasteiger partial charge is 0.252 e. The first kappa shape index (κ1) is 20.2. The van der Waals surface area contributed by atoms with Crippen LogP contribution in [0.15, 0.2) is 47.8 Å². The molecule has 3 atom stereocenters. The zero-order chi connectivity index (χ0) is 20.7. The van der Waals surface area contributed by atoms with E-state index in [9.17, 15) is 4.79 Å². The molecule has 1 aromatic rings. The third kappa shape index (κ3) is 3.86. The summed E-state index contributed by atoms with van der Waals surface area (Å²) in [5.41, 5.74) is 4.63. The molecule has 5 nitrogen and oxygen atoms in total. The van der Waals surface area contributed by atoms with Gasteiger partial charge in [0.1, 0.15) is 5.75 Å². The summed E-state index contributed by atoms with van der Waals surface area (Å²) in [6.45, 7) is 9.50. The number of piperazine rings is 1. The maximum atomic E-state index is 13.0. The van der Waals surface area contributed by atoms with E-state index in [4.69, 9.17) is 4.74 Å². The number of nitrogens with zero attached hydrogens (tertiary/aromatic N) is 3. The van der Waals surface area contributed by atoms with Crippen molar-refractivity contribution in [3.8, 4) is 5.75 Å². The third-order valence-electron chi connectivity index (χ3n) is 6.20. The second kappa shape index (κ2) is 7.97. The van der Waals surface area contributed by atoms with Crippen LogP contribution in [0.1, 0.15) is 25.0 Å². The predicted molar refractivity (Wildman–Crippen MR) is 120 cm³/mol. The largest absolute Gasteiger partial charge is 0.496 e. The molecule has 1 fully saturated rings. The summed E-state index contributed by atoms with van der Waals surface area (Å²) in [7, 11) is 4.40. The topological polar surface area (TPSA) is 36.0 Å². The lowest BCUT2D eigenvalue weighted by Gasteiger charge is -2.43. The van der Waals surface area contributed by atoms with Gasteiger partial charge in [0.25, 0.3) is 5.91 Å². The van der Waals surface area contributed by atoms with Crippen LogP contribution in [0.4, 0.5) is 0 Å². The van der Waals surface area contributed by atoms with Crippen molar-refractivity contribution in [2.75, 3.05) is 33.8 Å². The van der Waals surface area contributed by atoms with Crippen LogP contribution >= 0.6 is 8.58 Å². The molecule has 0 radical (unpaired) electrons. The molecule has 0 saturated carbocycles. The predicted octanol–water partition coefficient (Wildman–Crippen LogP) is 3.63. The van der Waals surface area contributed by atoms with Crippen molar-refractivity contribution in [3.05, 3.63) is 58.9 Å². The fraction of sp³-hybridized carbons (Fsp3) is 0.435. The number of hydrogen-bond acceptors (Lipinski definition) is 4. The lowest BCUT2D eigenvalue weighted by molar-refractivity contribution is -0.124. The highest BCUT2D eigenvalue weighted by Crippen LogP contribution is 2.47. The Morgan fingerprint density at radius 1 is 1.17 bits per heavy atom. The molecule has 0 bridgehead atoms. The summed E-state index contributed by atoms with van der Waals surface area (Å²) in [6, 6.07) is 6.68. The van der Waals surface area contributed by atoms with Gasteiger partial charge in [0, 0.05) is 38.0 Å². The minimum absolute atomic E-state index is 0.0735. The molecule has 3 aliphatic heterocycles. The van der Waals surface area contributed by atoms with Crippen molar-refractivity contribution in [3.63, 3.8) is 0 Å². The third-order valence-corrected chi connectivity index (χ3v) is 7.95. The van der Waals surface area contributed by atoms with Crippen LogP contribution in [0.2, 0.25) is 0 Å². The van der Waals surface area contributed by atoms with Gasteiger partial charge in [0.05, 0.1) is 18.6 Å². The Morgan fingerprint density at radius 3 is 2.66 bits per heavy atom. The summed E-state index contributed by atoms with van der Waals surface area (Å²) in [6.07, 6.45) is 6.16. The molecule has 0 aliphatic carbocycles. The van der Waals surface area contributed by atoms with E-state index in [1.807, 2.05) is 24.0 Å². The number of carbonyl (C=O) groups excluding carboxylic acids is 1. The Balaban J connectivity index is 1.59. The van der Waals surface area contributed by atoms with Crippen LogP contribution < -0.4 is 4.74 Å². The lowest BCUT2D eigenvalue weighted by Crippen LogP contribution is -2.50. The number of likely N-dealkylation sites (N-methyl/N-ethyl adjacent to an activating group) is 1. The van der Waals surface area contributed by atoms with Gasteiger partial charge in [-0.25, -0.2) is 0 Å². The van der Waals surface area contributed by atoms with E-state index in [0.29, 0.717) is 14.6 Å². The average Bonchev–Trinajstić information content (AvgIpc) is 2.70. The van der Waals surface area contributed by atoms with Gasteiger partial charge in [-0.3, -0.25) is 4.79 Å². The SMILES string of the molecule is COc1ccc(C2=CC(=O)N3C=C(N4CCN(C)[C@H](C)C4)C=C(C)C3P2)cc1C. The Hall–Kier alpha value is -2.10. The molecule has 6 heteroatoms. The zero-order valence-electron chi connectivity index (χ0n) is 17.9. The van der Waals surface area contributed by atoms with Crippen molar-refractivity contribution in [2.24, 2.45) is 0 Å². The van der Waals surface area contributed by atoms with Crippen molar-refractivity contribution in [1.82, 2.24) is 14.7 Å². The van der Waals surface area contributed by atoms with Crippen LogP contribution in [0, 0.1) is 6.92 Å². The first-order valence-electron chi connectivity index (χ1n) is 10.2. The minimum Gasteiger partial charge on any atom is -0.496 e. The van der Waals surface area contributed by atoms with E-state index in [2.05, 4.69) is 55.1 Å². The van der Waals surface area contributed by atoms with Gasteiger partial charge in [-0.2, -0.15) is 0 Å². The fourth-order valence-corrected chi connectivity index (χ4v) is 5.69. The summed E-state index contributed by atoms with van der Waals surface area (Å²) in [5.74, 6) is 1.08. The molecule has 3 aliphatic rings. The van der Waals surface area contributed by atoms with E-state index >= 15 is 0 Å². The van der Waals surface area contributed by atoms with Gasteiger partial charge in [0.2, 0.25) is 0 Å². The van der Waals surface area contributed by atoms with Gasteiger partial charge < -0.3 is 19.4 Å². The van der Waals surface area contributed by atoms with Gasteiger partial charge in [-0.05, 0) is 68.0 Å². The van der Waals surface area contributed by atoms with Crippen LogP contribution in [0.25, 0.3) is 5.31 Å². The van der Waals surface area contributed by atoms with Crippen molar-refractivity contribution in [1.29, 1.82) is 0 Å². The number of fused-ring (bicyclic) bond motifs is 1. The van der Waals surface area contributed by atoms with E-state index in [1.54, 1.807) is 7.11 Å². The molecule has 3 heterocycles. The second-order valence-corrected chi connectivity index (χ2v) is 9.63. The van der Waals surface area contributed by atoms with E-state index in [0.717, 1.165) is 47.5 Å². The molecule has 0 spiro atoms. The highest BCUT2D eigenvalue weighted by molar-refractivity contribution is 7.51. The number of ether oxygens (including phenoxy) is 1. The molecule has 1 aromatic carbocycles. The number of carbonyl (C=O) groups is 1. The number of rotatable bonds is 3. The van der Waals surface area contributed by atoms with Crippen LogP contribution in [-0.2, 0) is 4.79 Å². The van der Waals surface area contributed by atoms with Gasteiger partial charge in [0.15, 0.2) is 0 Å². The molecular weight excluding hydrogens is 381 g/mol. The summed E-state index contributed by atoms with van der Waals surface area (Å²) < 4.78 is 5.38. The Morgan fingerprint density at radius 2 is 1.97 bits per heavy atom. The Labute approximate surface area is 175 Å². The molecule has 154 valence electrons. The monoisotopic (exact) mass is 411 g/mol. The quantitative estimate of drug-likeness (QED) is 0.712. The Bertz CT molecular complexity index is 921. The Kier molecular flexibility index (Phi) is 5.54. The first-order chi connectivity index (χ1) is 13.9.